The van der Waals surface area contributed by atoms with Gasteiger partial charge in [-0.3, -0.25) is 0 Å². The first kappa shape index (κ1) is 13.1. The lowest BCUT2D eigenvalue weighted by Crippen LogP contribution is -2.36. The van der Waals surface area contributed by atoms with Gasteiger partial charge in [-0.15, -0.1) is 0 Å². The summed E-state index contributed by atoms with van der Waals surface area (Å²) in [5, 5.41) is 7.97. The highest BCUT2D eigenvalue weighted by Crippen LogP contribution is 2.34. The SMILES string of the molecule is C=CC(=O)OC(Br)C(C)(C)C(O)Br. The number of alkyl halides is 2. The molecule has 0 aromatic carbocycles. The minimum absolute atomic E-state index is 0.525. The van der Waals surface area contributed by atoms with Crippen LogP contribution in [0.25, 0.3) is 0 Å². The maximum absolute atomic E-state index is 10.8. The summed E-state index contributed by atoms with van der Waals surface area (Å²) < 4.78 is 4.90. The van der Waals surface area contributed by atoms with E-state index in [0.717, 1.165) is 6.08 Å². The fourth-order valence-corrected chi connectivity index (χ4v) is 1.44. The first-order valence-corrected chi connectivity index (χ1v) is 5.44. The molecule has 0 bridgehead atoms. The Kier molecular flexibility index (Phi) is 5.17. The summed E-state index contributed by atoms with van der Waals surface area (Å²) in [5.74, 6) is -0.525. The van der Waals surface area contributed by atoms with Crippen LogP contribution in [0.15, 0.2) is 12.7 Å². The number of rotatable bonds is 4. The topological polar surface area (TPSA) is 46.5 Å². The van der Waals surface area contributed by atoms with Gasteiger partial charge < -0.3 is 9.84 Å². The van der Waals surface area contributed by atoms with Crippen LogP contribution in [0.2, 0.25) is 0 Å². The van der Waals surface area contributed by atoms with Crippen molar-refractivity contribution in [1.82, 2.24) is 0 Å². The standard InChI is InChI=1S/C8H12Br2O3/c1-4-5(11)13-7(10)8(2,3)6(9)12/h4,6-7,12H,1H2,2-3H3. The van der Waals surface area contributed by atoms with Gasteiger partial charge in [-0.05, 0) is 15.9 Å². The Morgan fingerprint density at radius 2 is 2.08 bits per heavy atom. The van der Waals surface area contributed by atoms with Crippen LogP contribution in [0.5, 0.6) is 0 Å². The minimum atomic E-state index is -0.762. The zero-order chi connectivity index (χ0) is 10.6. The number of carbonyl (C=O) groups excluding carboxylic acids is 1. The molecule has 0 amide bonds. The zero-order valence-corrected chi connectivity index (χ0v) is 10.6. The van der Waals surface area contributed by atoms with E-state index >= 15 is 0 Å². The second-order valence-electron chi connectivity index (χ2n) is 3.11. The van der Waals surface area contributed by atoms with Crippen LogP contribution in [0.3, 0.4) is 0 Å². The van der Waals surface area contributed by atoms with Gasteiger partial charge in [-0.25, -0.2) is 4.79 Å². The average Bonchev–Trinajstić information content (AvgIpc) is 2.03. The van der Waals surface area contributed by atoms with E-state index < -0.39 is 21.4 Å². The second-order valence-corrected chi connectivity index (χ2v) is 4.81. The Balaban J connectivity index is 4.32. The second kappa shape index (κ2) is 5.12. The first-order valence-electron chi connectivity index (χ1n) is 3.61. The van der Waals surface area contributed by atoms with Crippen molar-refractivity contribution in [2.24, 2.45) is 5.41 Å². The van der Waals surface area contributed by atoms with Crippen LogP contribution in [0, 0.1) is 5.41 Å². The lowest BCUT2D eigenvalue weighted by molar-refractivity contribution is -0.143. The van der Waals surface area contributed by atoms with E-state index in [2.05, 4.69) is 38.4 Å². The molecule has 0 aliphatic heterocycles. The highest BCUT2D eigenvalue weighted by Gasteiger charge is 2.36. The molecular formula is C8H12Br2O3. The molecule has 0 aliphatic rings. The van der Waals surface area contributed by atoms with Gasteiger partial charge in [-0.1, -0.05) is 36.4 Å². The largest absolute Gasteiger partial charge is 0.447 e. The lowest BCUT2D eigenvalue weighted by atomic mass is 9.96. The van der Waals surface area contributed by atoms with E-state index in [4.69, 9.17) is 4.74 Å². The van der Waals surface area contributed by atoms with Crippen molar-refractivity contribution in [1.29, 1.82) is 0 Å². The van der Waals surface area contributed by atoms with Gasteiger partial charge in [0.1, 0.15) is 5.01 Å². The van der Waals surface area contributed by atoms with Gasteiger partial charge in [0, 0.05) is 11.5 Å². The summed E-state index contributed by atoms with van der Waals surface area (Å²) in [6, 6.07) is 0. The van der Waals surface area contributed by atoms with Crippen molar-refractivity contribution in [3.63, 3.8) is 0 Å². The Labute approximate surface area is 94.4 Å². The first-order chi connectivity index (χ1) is 5.82. The number of aliphatic hydroxyl groups excluding tert-OH is 1. The molecule has 2 unspecified atom stereocenters. The average molecular weight is 316 g/mol. The number of carbonyl (C=O) groups is 1. The minimum Gasteiger partial charge on any atom is -0.447 e. The molecule has 0 aromatic rings. The molecule has 0 heterocycles. The summed E-state index contributed by atoms with van der Waals surface area (Å²) in [5.41, 5.74) is -0.612. The lowest BCUT2D eigenvalue weighted by Gasteiger charge is -2.30. The molecule has 2 atom stereocenters. The van der Waals surface area contributed by atoms with Crippen molar-refractivity contribution in [2.45, 2.75) is 23.9 Å². The van der Waals surface area contributed by atoms with Crippen LogP contribution < -0.4 is 0 Å². The van der Waals surface area contributed by atoms with Crippen LogP contribution in [-0.2, 0) is 9.53 Å². The third kappa shape index (κ3) is 3.79. The number of aliphatic hydroxyl groups is 1. The van der Waals surface area contributed by atoms with Crippen molar-refractivity contribution < 1.29 is 14.6 Å². The van der Waals surface area contributed by atoms with Gasteiger partial charge in [0.25, 0.3) is 0 Å². The molecule has 0 saturated heterocycles. The molecule has 13 heavy (non-hydrogen) atoms. The number of ether oxygens (including phenoxy) is 1. The van der Waals surface area contributed by atoms with E-state index in [9.17, 15) is 9.90 Å². The predicted octanol–water partition coefficient (Wildman–Crippen LogP) is 2.18. The number of esters is 1. The normalized spacial score (nSPS) is 16.1. The smallest absolute Gasteiger partial charge is 0.331 e. The fourth-order valence-electron chi connectivity index (χ4n) is 0.410. The highest BCUT2D eigenvalue weighted by molar-refractivity contribution is 9.10. The van der Waals surface area contributed by atoms with Crippen LogP contribution in [0.4, 0.5) is 0 Å². The van der Waals surface area contributed by atoms with Crippen LogP contribution in [-0.4, -0.2) is 21.1 Å². The van der Waals surface area contributed by atoms with Gasteiger partial charge in [0.2, 0.25) is 0 Å². The van der Waals surface area contributed by atoms with Crippen LogP contribution in [0.1, 0.15) is 13.8 Å². The Morgan fingerprint density at radius 1 is 1.62 bits per heavy atom. The molecule has 5 heteroatoms. The molecule has 0 spiro atoms. The number of hydrogen-bond donors (Lipinski definition) is 1. The summed E-state index contributed by atoms with van der Waals surface area (Å²) in [6.45, 7) is 6.78. The Hall–Kier alpha value is 0.130. The van der Waals surface area contributed by atoms with E-state index in [1.807, 2.05) is 0 Å². The molecule has 0 fully saturated rings. The molecule has 76 valence electrons. The maximum atomic E-state index is 10.8. The van der Waals surface area contributed by atoms with Gasteiger partial charge in [-0.2, -0.15) is 0 Å². The predicted molar refractivity (Wildman–Crippen MR) is 57.7 cm³/mol. The van der Waals surface area contributed by atoms with Gasteiger partial charge >= 0.3 is 5.97 Å². The third-order valence-corrected chi connectivity index (χ3v) is 4.13. The quantitative estimate of drug-likeness (QED) is 0.491. The van der Waals surface area contributed by atoms with Crippen LogP contribution >= 0.6 is 31.9 Å². The third-order valence-electron chi connectivity index (χ3n) is 1.59. The summed E-state index contributed by atoms with van der Waals surface area (Å²) in [4.78, 5) is 10.8. The molecule has 0 aromatic heterocycles. The van der Waals surface area contributed by atoms with E-state index in [0.29, 0.717) is 0 Å². The Morgan fingerprint density at radius 3 is 2.38 bits per heavy atom. The van der Waals surface area contributed by atoms with Gasteiger partial charge in [0.15, 0.2) is 5.01 Å². The summed E-state index contributed by atoms with van der Waals surface area (Å²) in [6.07, 6.45) is 1.07. The molecular weight excluding hydrogens is 304 g/mol. The molecule has 3 nitrogen and oxygen atoms in total. The van der Waals surface area contributed by atoms with E-state index in [1.165, 1.54) is 0 Å². The van der Waals surface area contributed by atoms with Crippen molar-refractivity contribution >= 4 is 37.8 Å². The monoisotopic (exact) mass is 314 g/mol. The molecule has 0 saturated carbocycles. The number of hydrogen-bond acceptors (Lipinski definition) is 3. The Bertz CT molecular complexity index is 202. The summed E-state index contributed by atoms with van der Waals surface area (Å²) >= 11 is 6.18. The van der Waals surface area contributed by atoms with Gasteiger partial charge in [0.05, 0.1) is 0 Å². The summed E-state index contributed by atoms with van der Waals surface area (Å²) in [7, 11) is 0. The fraction of sp³-hybridized carbons (Fsp3) is 0.625. The zero-order valence-electron chi connectivity index (χ0n) is 7.46. The van der Waals surface area contributed by atoms with E-state index in [-0.39, 0.29) is 0 Å². The van der Waals surface area contributed by atoms with Crippen molar-refractivity contribution in [2.75, 3.05) is 0 Å². The van der Waals surface area contributed by atoms with Crippen molar-refractivity contribution in [3.8, 4) is 0 Å². The molecule has 0 rings (SSSR count). The molecule has 0 aliphatic carbocycles. The maximum Gasteiger partial charge on any atom is 0.331 e. The molecule has 0 radical (unpaired) electrons. The van der Waals surface area contributed by atoms with Crippen molar-refractivity contribution in [3.05, 3.63) is 12.7 Å². The van der Waals surface area contributed by atoms with E-state index in [1.54, 1.807) is 13.8 Å². The number of halogens is 2. The highest BCUT2D eigenvalue weighted by atomic mass is 79.9. The molecule has 1 N–H and O–H groups in total.